The number of rotatable bonds is 5. The van der Waals surface area contributed by atoms with Crippen LogP contribution in [0.25, 0.3) is 11.2 Å². The van der Waals surface area contributed by atoms with Gasteiger partial charge in [-0.25, -0.2) is 9.78 Å². The lowest BCUT2D eigenvalue weighted by molar-refractivity contribution is 0.0675. The zero-order valence-electron chi connectivity index (χ0n) is 17.2. The highest BCUT2D eigenvalue weighted by Gasteiger charge is 2.31. The molecule has 2 fully saturated rings. The fourth-order valence-electron chi connectivity index (χ4n) is 4.51. The summed E-state index contributed by atoms with van der Waals surface area (Å²) >= 11 is 0. The largest absolute Gasteiger partial charge is 0.496 e. The molecule has 1 aromatic carbocycles. The highest BCUT2D eigenvalue weighted by atomic mass is 16.5. The molecule has 2 aromatic heterocycles. The third kappa shape index (κ3) is 3.28. The predicted molar refractivity (Wildman–Crippen MR) is 114 cm³/mol. The lowest BCUT2D eigenvalue weighted by atomic mass is 10.0. The van der Waals surface area contributed by atoms with E-state index in [1.165, 1.54) is 12.8 Å². The third-order valence-electron chi connectivity index (χ3n) is 6.25. The number of piperidine rings is 1. The Hall–Kier alpha value is -3.09. The summed E-state index contributed by atoms with van der Waals surface area (Å²) in [6.07, 6.45) is 5.81. The number of ether oxygens (including phenoxy) is 1. The lowest BCUT2D eigenvalue weighted by Gasteiger charge is -2.33. The van der Waals surface area contributed by atoms with Gasteiger partial charge in [0, 0.05) is 25.8 Å². The van der Waals surface area contributed by atoms with Crippen LogP contribution in [-0.2, 0) is 6.54 Å². The molecule has 1 saturated carbocycles. The number of amides is 1. The van der Waals surface area contributed by atoms with Crippen LogP contribution in [0.1, 0.15) is 42.1 Å². The molecule has 3 heterocycles. The van der Waals surface area contributed by atoms with E-state index in [9.17, 15) is 9.59 Å². The van der Waals surface area contributed by atoms with Crippen LogP contribution >= 0.6 is 0 Å². The molecule has 2 aliphatic rings. The molecule has 1 aliphatic carbocycles. The van der Waals surface area contributed by atoms with Crippen molar-refractivity contribution >= 4 is 17.1 Å². The van der Waals surface area contributed by atoms with Crippen LogP contribution in [0.5, 0.6) is 5.75 Å². The minimum absolute atomic E-state index is 0.00723. The Kier molecular flexibility index (Phi) is 4.81. The van der Waals surface area contributed by atoms with Gasteiger partial charge in [-0.3, -0.25) is 13.9 Å². The number of methoxy groups -OCH3 is 1. The Balaban J connectivity index is 1.48. The Morgan fingerprint density at radius 1 is 1.17 bits per heavy atom. The Labute approximate surface area is 174 Å². The summed E-state index contributed by atoms with van der Waals surface area (Å²) in [6, 6.07) is 11.1. The molecule has 0 unspecified atom stereocenters. The zero-order chi connectivity index (χ0) is 20.7. The molecule has 7 nitrogen and oxygen atoms in total. The summed E-state index contributed by atoms with van der Waals surface area (Å²) in [5.74, 6) is 1.11. The lowest BCUT2D eigenvalue weighted by Crippen LogP contribution is -2.43. The van der Waals surface area contributed by atoms with E-state index >= 15 is 0 Å². The maximum atomic E-state index is 13.4. The number of likely N-dealkylation sites (tertiary alicyclic amines) is 1. The Bertz CT molecular complexity index is 1140. The molecular formula is C23H26N4O3. The molecule has 1 saturated heterocycles. The van der Waals surface area contributed by atoms with Crippen molar-refractivity contribution in [2.75, 3.05) is 20.2 Å². The highest BCUT2D eigenvalue weighted by Crippen LogP contribution is 2.32. The van der Waals surface area contributed by atoms with Crippen molar-refractivity contribution in [3.05, 3.63) is 58.6 Å². The van der Waals surface area contributed by atoms with Crippen LogP contribution in [0.4, 0.5) is 0 Å². The number of fused-ring (bicyclic) bond motifs is 1. The van der Waals surface area contributed by atoms with E-state index in [-0.39, 0.29) is 17.6 Å². The molecule has 3 aromatic rings. The van der Waals surface area contributed by atoms with E-state index in [1.807, 2.05) is 38.3 Å². The number of aromatic nitrogens is 3. The molecule has 156 valence electrons. The van der Waals surface area contributed by atoms with E-state index in [0.29, 0.717) is 30.3 Å². The van der Waals surface area contributed by atoms with Crippen molar-refractivity contribution in [1.82, 2.24) is 19.0 Å². The van der Waals surface area contributed by atoms with Gasteiger partial charge in [-0.2, -0.15) is 0 Å². The van der Waals surface area contributed by atoms with E-state index in [1.54, 1.807) is 25.4 Å². The Morgan fingerprint density at radius 3 is 2.80 bits per heavy atom. The first kappa shape index (κ1) is 18.9. The molecule has 30 heavy (non-hydrogen) atoms. The van der Waals surface area contributed by atoms with Crippen molar-refractivity contribution in [2.45, 2.75) is 38.3 Å². The summed E-state index contributed by atoms with van der Waals surface area (Å²) in [5.41, 5.74) is 2.16. The van der Waals surface area contributed by atoms with Crippen LogP contribution in [0.15, 0.2) is 47.4 Å². The molecule has 0 bridgehead atoms. The van der Waals surface area contributed by atoms with E-state index in [4.69, 9.17) is 4.74 Å². The van der Waals surface area contributed by atoms with Gasteiger partial charge in [0.05, 0.1) is 24.2 Å². The maximum absolute atomic E-state index is 13.4. The van der Waals surface area contributed by atoms with Crippen molar-refractivity contribution in [1.29, 1.82) is 0 Å². The van der Waals surface area contributed by atoms with Gasteiger partial charge < -0.3 is 9.64 Å². The number of benzene rings is 1. The fourth-order valence-corrected chi connectivity index (χ4v) is 4.51. The molecule has 0 spiro atoms. The molecule has 7 heteroatoms. The smallest absolute Gasteiger partial charge is 0.330 e. The van der Waals surface area contributed by atoms with Gasteiger partial charge >= 0.3 is 5.69 Å². The summed E-state index contributed by atoms with van der Waals surface area (Å²) in [7, 11) is 1.57. The second-order valence-electron chi connectivity index (χ2n) is 8.30. The van der Waals surface area contributed by atoms with Crippen LogP contribution in [0, 0.1) is 5.92 Å². The normalized spacial score (nSPS) is 19.2. The summed E-state index contributed by atoms with van der Waals surface area (Å²) in [4.78, 5) is 32.9. The van der Waals surface area contributed by atoms with Gasteiger partial charge in [-0.05, 0) is 55.9 Å². The van der Waals surface area contributed by atoms with Gasteiger partial charge in [0.25, 0.3) is 5.91 Å². The van der Waals surface area contributed by atoms with Crippen molar-refractivity contribution < 1.29 is 9.53 Å². The summed E-state index contributed by atoms with van der Waals surface area (Å²) in [6.45, 7) is 1.93. The number of para-hydroxylation sites is 1. The van der Waals surface area contributed by atoms with Crippen LogP contribution in [0.2, 0.25) is 0 Å². The van der Waals surface area contributed by atoms with Crippen LogP contribution in [-0.4, -0.2) is 45.1 Å². The van der Waals surface area contributed by atoms with E-state index in [2.05, 4.69) is 4.98 Å². The van der Waals surface area contributed by atoms with Gasteiger partial charge in [0.2, 0.25) is 0 Å². The molecule has 0 radical (unpaired) electrons. The second kappa shape index (κ2) is 7.63. The van der Waals surface area contributed by atoms with Gasteiger partial charge in [-0.15, -0.1) is 0 Å². The number of hydrogen-bond donors (Lipinski definition) is 0. The second-order valence-corrected chi connectivity index (χ2v) is 8.30. The summed E-state index contributed by atoms with van der Waals surface area (Å²) in [5, 5.41) is 0. The quantitative estimate of drug-likeness (QED) is 0.653. The van der Waals surface area contributed by atoms with Crippen molar-refractivity contribution in [3.8, 4) is 5.75 Å². The SMILES string of the molecule is COc1ccccc1C(=O)N1CCC[C@H](n2c(=O)n(CC3CC3)c3cccnc32)C1. The summed E-state index contributed by atoms with van der Waals surface area (Å²) < 4.78 is 9.07. The number of carbonyl (C=O) groups excluding carboxylic acids is 1. The van der Waals surface area contributed by atoms with Crippen LogP contribution in [0.3, 0.4) is 0 Å². The van der Waals surface area contributed by atoms with Gasteiger partial charge in [-0.1, -0.05) is 12.1 Å². The van der Waals surface area contributed by atoms with Gasteiger partial charge in [0.15, 0.2) is 5.65 Å². The third-order valence-corrected chi connectivity index (χ3v) is 6.25. The van der Waals surface area contributed by atoms with Crippen molar-refractivity contribution in [3.63, 3.8) is 0 Å². The minimum atomic E-state index is -0.0808. The first-order chi connectivity index (χ1) is 14.7. The first-order valence-corrected chi connectivity index (χ1v) is 10.7. The number of nitrogens with zero attached hydrogens (tertiary/aromatic N) is 4. The van der Waals surface area contributed by atoms with Crippen molar-refractivity contribution in [2.24, 2.45) is 5.92 Å². The van der Waals surface area contributed by atoms with E-state index < -0.39 is 0 Å². The molecule has 5 rings (SSSR count). The average molecular weight is 406 g/mol. The zero-order valence-corrected chi connectivity index (χ0v) is 17.2. The first-order valence-electron chi connectivity index (χ1n) is 10.7. The molecule has 1 amide bonds. The monoisotopic (exact) mass is 406 g/mol. The average Bonchev–Trinajstić information content (AvgIpc) is 3.57. The van der Waals surface area contributed by atoms with Gasteiger partial charge in [0.1, 0.15) is 5.75 Å². The van der Waals surface area contributed by atoms with E-state index in [0.717, 1.165) is 30.6 Å². The molecule has 1 aliphatic heterocycles. The Morgan fingerprint density at radius 2 is 2.00 bits per heavy atom. The fraction of sp³-hybridized carbons (Fsp3) is 0.435. The topological polar surface area (TPSA) is 69.4 Å². The van der Waals surface area contributed by atoms with Crippen LogP contribution < -0.4 is 10.4 Å². The standard InChI is InChI=1S/C23H26N4O3/c1-30-20-9-3-2-7-18(20)22(28)25-13-5-6-17(15-25)27-21-19(8-4-12-24-21)26(23(27)29)14-16-10-11-16/h2-4,7-9,12,16-17H,5-6,10-11,13-15H2,1H3/t17-/m0/s1. The highest BCUT2D eigenvalue weighted by molar-refractivity contribution is 5.97. The maximum Gasteiger partial charge on any atom is 0.330 e. The molecular weight excluding hydrogens is 380 g/mol. The minimum Gasteiger partial charge on any atom is -0.496 e. The predicted octanol–water partition coefficient (Wildman–Crippen LogP) is 3.09. The number of hydrogen-bond acceptors (Lipinski definition) is 4. The number of imidazole rings is 1. The molecule has 0 N–H and O–H groups in total. The number of pyridine rings is 1. The molecule has 1 atom stereocenters. The number of carbonyl (C=O) groups is 1.